The van der Waals surface area contributed by atoms with Gasteiger partial charge in [0.1, 0.15) is 24.1 Å². The standard InChI is InChI=1S/C18H21F3N4O2/c1-27-11-18(26)22-8-13-7-14-9-24(3-2-4-25(14)23-13)10-15-16(20)5-12(19)6-17(15)21/h5-7H,2-4,8-11H2,1H3,(H,22,26). The lowest BCUT2D eigenvalue weighted by Gasteiger charge is -2.20. The van der Waals surface area contributed by atoms with Crippen LogP contribution in [0, 0.1) is 17.5 Å². The number of aryl methyl sites for hydroxylation is 1. The summed E-state index contributed by atoms with van der Waals surface area (Å²) in [7, 11) is 1.44. The van der Waals surface area contributed by atoms with E-state index in [0.29, 0.717) is 37.5 Å². The van der Waals surface area contributed by atoms with Crippen LogP contribution in [0.1, 0.15) is 23.4 Å². The normalized spacial score (nSPS) is 14.7. The number of nitrogens with one attached hydrogen (secondary N) is 1. The van der Waals surface area contributed by atoms with Crippen LogP contribution >= 0.6 is 0 Å². The van der Waals surface area contributed by atoms with Gasteiger partial charge >= 0.3 is 0 Å². The highest BCUT2D eigenvalue weighted by Gasteiger charge is 2.20. The summed E-state index contributed by atoms with van der Waals surface area (Å²) in [4.78, 5) is 13.4. The highest BCUT2D eigenvalue weighted by Crippen LogP contribution is 2.20. The number of carbonyl (C=O) groups excluding carboxylic acids is 1. The fourth-order valence-corrected chi connectivity index (χ4v) is 3.13. The Hall–Kier alpha value is -2.39. The molecule has 0 unspecified atom stereocenters. The van der Waals surface area contributed by atoms with E-state index < -0.39 is 17.5 Å². The van der Waals surface area contributed by atoms with Gasteiger partial charge in [0.15, 0.2) is 0 Å². The maximum Gasteiger partial charge on any atom is 0.246 e. The number of amides is 1. The Bertz CT molecular complexity index is 802. The van der Waals surface area contributed by atoms with Crippen molar-refractivity contribution in [1.82, 2.24) is 20.0 Å². The number of methoxy groups -OCH3 is 1. The Morgan fingerprint density at radius 3 is 2.67 bits per heavy atom. The van der Waals surface area contributed by atoms with Crippen molar-refractivity contribution in [1.29, 1.82) is 0 Å². The van der Waals surface area contributed by atoms with Crippen LogP contribution in [-0.2, 0) is 35.7 Å². The Kier molecular flexibility index (Phi) is 6.12. The zero-order valence-electron chi connectivity index (χ0n) is 15.0. The van der Waals surface area contributed by atoms with E-state index in [1.807, 2.05) is 15.6 Å². The molecule has 0 saturated carbocycles. The lowest BCUT2D eigenvalue weighted by molar-refractivity contribution is -0.124. The van der Waals surface area contributed by atoms with Crippen LogP contribution in [0.5, 0.6) is 0 Å². The number of benzene rings is 1. The minimum absolute atomic E-state index is 0.0177. The summed E-state index contributed by atoms with van der Waals surface area (Å²) in [6.45, 7) is 2.07. The molecule has 1 aromatic carbocycles. The number of ether oxygens (including phenoxy) is 1. The maximum absolute atomic E-state index is 13.9. The van der Waals surface area contributed by atoms with Gasteiger partial charge in [-0.3, -0.25) is 14.4 Å². The first-order valence-electron chi connectivity index (χ1n) is 8.63. The second kappa shape index (κ2) is 8.53. The largest absolute Gasteiger partial charge is 0.375 e. The molecule has 27 heavy (non-hydrogen) atoms. The average molecular weight is 382 g/mol. The van der Waals surface area contributed by atoms with Crippen LogP contribution in [0.15, 0.2) is 18.2 Å². The first-order valence-corrected chi connectivity index (χ1v) is 8.63. The van der Waals surface area contributed by atoms with Crippen molar-refractivity contribution in [2.75, 3.05) is 20.3 Å². The Morgan fingerprint density at radius 1 is 1.22 bits per heavy atom. The van der Waals surface area contributed by atoms with Crippen LogP contribution in [0.3, 0.4) is 0 Å². The summed E-state index contributed by atoms with van der Waals surface area (Å²) in [6.07, 6.45) is 0.759. The molecule has 0 bridgehead atoms. The van der Waals surface area contributed by atoms with Gasteiger partial charge in [0, 0.05) is 51.0 Å². The molecule has 0 saturated heterocycles. The van der Waals surface area contributed by atoms with Crippen LogP contribution in [0.25, 0.3) is 0 Å². The zero-order valence-corrected chi connectivity index (χ0v) is 15.0. The van der Waals surface area contributed by atoms with Crippen LogP contribution in [-0.4, -0.2) is 40.8 Å². The molecule has 1 aliphatic rings. The summed E-state index contributed by atoms with van der Waals surface area (Å²) in [6, 6.07) is 3.26. The minimum atomic E-state index is -0.928. The molecule has 0 fully saturated rings. The molecule has 0 aliphatic carbocycles. The van der Waals surface area contributed by atoms with E-state index >= 15 is 0 Å². The molecule has 2 aromatic rings. The van der Waals surface area contributed by atoms with Crippen LogP contribution < -0.4 is 5.32 Å². The Balaban J connectivity index is 1.68. The van der Waals surface area contributed by atoms with Crippen molar-refractivity contribution in [3.8, 4) is 0 Å². The van der Waals surface area contributed by atoms with E-state index in [-0.39, 0.29) is 31.2 Å². The summed E-state index contributed by atoms with van der Waals surface area (Å²) in [5.74, 6) is -2.92. The number of rotatable bonds is 6. The van der Waals surface area contributed by atoms with Gasteiger partial charge in [-0.1, -0.05) is 0 Å². The van der Waals surface area contributed by atoms with E-state index in [1.54, 1.807) is 0 Å². The molecule has 0 atom stereocenters. The molecular formula is C18H21F3N4O2. The summed E-state index contributed by atoms with van der Waals surface area (Å²) in [5, 5.41) is 7.18. The molecule has 1 N–H and O–H groups in total. The minimum Gasteiger partial charge on any atom is -0.375 e. The monoisotopic (exact) mass is 382 g/mol. The van der Waals surface area contributed by atoms with Gasteiger partial charge < -0.3 is 10.1 Å². The number of fused-ring (bicyclic) bond motifs is 1. The zero-order chi connectivity index (χ0) is 19.4. The highest BCUT2D eigenvalue weighted by molar-refractivity contribution is 5.77. The number of aromatic nitrogens is 2. The molecule has 1 amide bonds. The van der Waals surface area contributed by atoms with Crippen molar-refractivity contribution in [3.63, 3.8) is 0 Å². The Morgan fingerprint density at radius 2 is 1.96 bits per heavy atom. The molecule has 1 aliphatic heterocycles. The van der Waals surface area contributed by atoms with Gasteiger partial charge in [0.05, 0.1) is 17.9 Å². The van der Waals surface area contributed by atoms with Gasteiger partial charge in [-0.25, -0.2) is 13.2 Å². The SMILES string of the molecule is COCC(=O)NCc1cc2n(n1)CCCN(Cc1c(F)cc(F)cc1F)C2. The van der Waals surface area contributed by atoms with Crippen molar-refractivity contribution in [3.05, 3.63) is 52.6 Å². The topological polar surface area (TPSA) is 59.4 Å². The van der Waals surface area contributed by atoms with E-state index in [0.717, 1.165) is 12.1 Å². The van der Waals surface area contributed by atoms with Crippen LogP contribution in [0.4, 0.5) is 13.2 Å². The van der Waals surface area contributed by atoms with Gasteiger partial charge in [0.2, 0.25) is 5.91 Å². The third kappa shape index (κ3) is 4.86. The lowest BCUT2D eigenvalue weighted by atomic mass is 10.1. The third-order valence-electron chi connectivity index (χ3n) is 4.37. The number of carbonyl (C=O) groups is 1. The van der Waals surface area contributed by atoms with E-state index in [9.17, 15) is 18.0 Å². The van der Waals surface area contributed by atoms with Gasteiger partial charge in [-0.2, -0.15) is 5.10 Å². The summed E-state index contributed by atoms with van der Waals surface area (Å²) in [5.41, 5.74) is 1.46. The molecule has 6 nitrogen and oxygen atoms in total. The fourth-order valence-electron chi connectivity index (χ4n) is 3.13. The smallest absolute Gasteiger partial charge is 0.246 e. The summed E-state index contributed by atoms with van der Waals surface area (Å²) < 4.78 is 47.6. The molecule has 9 heteroatoms. The maximum atomic E-state index is 13.9. The molecule has 2 heterocycles. The van der Waals surface area contributed by atoms with E-state index in [2.05, 4.69) is 10.4 Å². The highest BCUT2D eigenvalue weighted by atomic mass is 19.1. The molecule has 3 rings (SSSR count). The number of hydrogen-bond donors (Lipinski definition) is 1. The van der Waals surface area contributed by atoms with Gasteiger partial charge in [-0.05, 0) is 12.5 Å². The first kappa shape index (κ1) is 19.4. The third-order valence-corrected chi connectivity index (χ3v) is 4.37. The van der Waals surface area contributed by atoms with Gasteiger partial charge in [0.25, 0.3) is 0 Å². The lowest BCUT2D eigenvalue weighted by Crippen LogP contribution is -2.26. The molecular weight excluding hydrogens is 361 g/mol. The molecule has 0 spiro atoms. The van der Waals surface area contributed by atoms with Crippen molar-refractivity contribution >= 4 is 5.91 Å². The predicted molar refractivity (Wildman–Crippen MR) is 91.0 cm³/mol. The van der Waals surface area contributed by atoms with E-state index in [4.69, 9.17) is 4.74 Å². The van der Waals surface area contributed by atoms with Crippen molar-refractivity contribution in [2.24, 2.45) is 0 Å². The first-order chi connectivity index (χ1) is 13.0. The quantitative estimate of drug-likeness (QED) is 0.830. The number of nitrogens with zero attached hydrogens (tertiary/aromatic N) is 3. The predicted octanol–water partition coefficient (Wildman–Crippen LogP) is 1.97. The average Bonchev–Trinajstić information content (AvgIpc) is 2.88. The number of hydrogen-bond acceptors (Lipinski definition) is 4. The fraction of sp³-hybridized carbons (Fsp3) is 0.444. The second-order valence-electron chi connectivity index (χ2n) is 6.47. The second-order valence-corrected chi connectivity index (χ2v) is 6.47. The Labute approximate surface area is 154 Å². The number of halogens is 3. The van der Waals surface area contributed by atoms with Gasteiger partial charge in [-0.15, -0.1) is 0 Å². The molecule has 0 radical (unpaired) electrons. The van der Waals surface area contributed by atoms with Crippen molar-refractivity contribution < 1.29 is 22.7 Å². The molecule has 1 aromatic heterocycles. The van der Waals surface area contributed by atoms with Crippen molar-refractivity contribution in [2.45, 2.75) is 32.6 Å². The summed E-state index contributed by atoms with van der Waals surface area (Å²) >= 11 is 0. The van der Waals surface area contributed by atoms with Crippen LogP contribution in [0.2, 0.25) is 0 Å². The van der Waals surface area contributed by atoms with E-state index in [1.165, 1.54) is 7.11 Å². The molecule has 146 valence electrons.